The van der Waals surface area contributed by atoms with E-state index in [1.165, 1.54) is 23.0 Å². The smallest absolute Gasteiger partial charge is 0.336 e. The summed E-state index contributed by atoms with van der Waals surface area (Å²) < 4.78 is 89.2. The van der Waals surface area contributed by atoms with E-state index in [1.807, 2.05) is 58.9 Å². The van der Waals surface area contributed by atoms with Gasteiger partial charge in [0.25, 0.3) is 32.1 Å². The van der Waals surface area contributed by atoms with E-state index in [4.69, 9.17) is 15.2 Å². The lowest BCUT2D eigenvalue weighted by atomic mass is 9.74. The third kappa shape index (κ3) is 10.6. The summed E-state index contributed by atoms with van der Waals surface area (Å²) in [6.45, 7) is 13.5. The number of allylic oxidation sites excluding steroid dienone is 1. The number of carbonyl (C=O) groups excluding carboxylic acids is 3. The number of likely N-dealkylation sites (N-methyl/N-ethyl adjacent to an activating group) is 1. The van der Waals surface area contributed by atoms with Crippen LogP contribution in [0, 0.1) is 5.41 Å². The molecule has 26 nitrogen and oxygen atoms in total. The largest absolute Gasteiger partial charge is 0.478 e. The van der Waals surface area contributed by atoms with Gasteiger partial charge >= 0.3 is 5.97 Å². The maximum Gasteiger partial charge on any atom is 0.336 e. The predicted octanol–water partition coefficient (Wildman–Crippen LogP) is 2.95. The second-order valence-electron chi connectivity index (χ2n) is 22.5. The number of nitrogen functional groups attached to an aromatic ring is 1. The van der Waals surface area contributed by atoms with Crippen LogP contribution in [-0.2, 0) is 52.8 Å². The number of aromatic nitrogens is 4. The Morgan fingerprint density at radius 1 is 0.833 bits per heavy atom. The molecule has 2 aromatic heterocycles. The van der Waals surface area contributed by atoms with Gasteiger partial charge in [-0.2, -0.15) is 26.8 Å². The Hall–Kier alpha value is -7.83. The van der Waals surface area contributed by atoms with Crippen LogP contribution in [0.3, 0.4) is 0 Å². The van der Waals surface area contributed by atoms with Gasteiger partial charge in [-0.25, -0.2) is 9.78 Å². The first-order chi connectivity index (χ1) is 39.5. The number of nitrogens with zero attached hydrogens (tertiary/aromatic N) is 4. The van der Waals surface area contributed by atoms with Gasteiger partial charge in [0.2, 0.25) is 11.9 Å². The van der Waals surface area contributed by atoms with Crippen LogP contribution in [0.2, 0.25) is 0 Å². The number of nitrogens with two attached hydrogens (primary N) is 1. The Labute approximate surface area is 482 Å². The molecule has 4 aliphatic heterocycles. The highest BCUT2D eigenvalue weighted by molar-refractivity contribution is 7.90. The fraction of sp³-hybridized carbons (Fsp3) is 0.411. The summed E-state index contributed by atoms with van der Waals surface area (Å²) in [5.74, 6) is -3.81. The number of rotatable bonds is 18. The molecular formula is C56H65N11O15S2. The number of hydrogen-bond acceptors (Lipinski definition) is 19. The van der Waals surface area contributed by atoms with Crippen LogP contribution < -0.4 is 42.4 Å². The van der Waals surface area contributed by atoms with Crippen molar-refractivity contribution >= 4 is 78.1 Å². The number of aliphatic hydroxyl groups is 2. The summed E-state index contributed by atoms with van der Waals surface area (Å²) in [5, 5.41) is 49.7. The number of carboxylic acid groups (broad SMARTS) is 1. The molecule has 3 unspecified atom stereocenters. The third-order valence-electron chi connectivity index (χ3n) is 16.7. The van der Waals surface area contributed by atoms with Gasteiger partial charge in [-0.05, 0) is 85.7 Å². The van der Waals surface area contributed by atoms with Gasteiger partial charge in [-0.15, -0.1) is 0 Å². The first-order valence-electron chi connectivity index (χ1n) is 27.1. The van der Waals surface area contributed by atoms with E-state index in [2.05, 4.69) is 46.9 Å². The minimum atomic E-state index is -5.18. The van der Waals surface area contributed by atoms with Crippen molar-refractivity contribution in [3.8, 4) is 5.75 Å². The first kappa shape index (κ1) is 59.3. The van der Waals surface area contributed by atoms with E-state index in [-0.39, 0.29) is 87.9 Å². The quantitative estimate of drug-likeness (QED) is 0.0443. The Morgan fingerprint density at radius 2 is 1.52 bits per heavy atom. The van der Waals surface area contributed by atoms with Gasteiger partial charge in [0.1, 0.15) is 22.6 Å². The summed E-state index contributed by atoms with van der Waals surface area (Å²) in [6.07, 6.45) is -1.37. The summed E-state index contributed by atoms with van der Waals surface area (Å²) in [5.41, 5.74) is 7.35. The highest BCUT2D eigenvalue weighted by Gasteiger charge is 2.53. The van der Waals surface area contributed by atoms with Gasteiger partial charge in [0, 0.05) is 77.8 Å². The maximum atomic E-state index is 13.7. The summed E-state index contributed by atoms with van der Waals surface area (Å²) in [4.78, 5) is 64.1. The number of aromatic carboxylic acids is 1. The van der Waals surface area contributed by atoms with Crippen molar-refractivity contribution in [2.45, 2.75) is 121 Å². The van der Waals surface area contributed by atoms with Crippen molar-refractivity contribution in [2.75, 3.05) is 42.5 Å². The molecule has 3 amide bonds. The number of hydrogen-bond donors (Lipinski definition) is 12. The monoisotopic (exact) mass is 1200 g/mol. The average molecular weight is 1200 g/mol. The topological polar surface area (TPSA) is 398 Å². The van der Waals surface area contributed by atoms with Crippen LogP contribution in [0.5, 0.6) is 5.75 Å². The molecule has 0 radical (unpaired) electrons. The van der Waals surface area contributed by atoms with Gasteiger partial charge < -0.3 is 62.4 Å². The molecule has 7 atom stereocenters. The normalized spacial score (nSPS) is 22.9. The molecule has 5 aliphatic rings. The Balaban J connectivity index is 0.796. The second kappa shape index (κ2) is 22.0. The molecule has 0 bridgehead atoms. The zero-order valence-corrected chi connectivity index (χ0v) is 48.4. The zero-order valence-electron chi connectivity index (χ0n) is 46.8. The van der Waals surface area contributed by atoms with Crippen molar-refractivity contribution in [2.24, 2.45) is 5.41 Å². The van der Waals surface area contributed by atoms with Crippen LogP contribution in [0.15, 0.2) is 87.6 Å². The number of benzene rings is 3. The molecule has 6 heterocycles. The van der Waals surface area contributed by atoms with Gasteiger partial charge in [0.15, 0.2) is 40.2 Å². The molecule has 2 saturated heterocycles. The number of anilines is 3. The van der Waals surface area contributed by atoms with E-state index < -0.39 is 112 Å². The van der Waals surface area contributed by atoms with E-state index >= 15 is 0 Å². The standard InChI is InChI=1S/C56H65N11O15S2/c1-8-58-51(72)45-41(69)42(70)52(82-45)67-24-62-40-48(57)65-54(66-49(40)67)61-18-17-28-11-9-27(10-12-28)13-16-36(68)59-19-20-60-50(71)29-14-15-30(31(21-29)53(73)74)37-32-22-34-38(63-25(2)55(34,4)5)46(83(75,76)77)43(32)81-44-33(37)23-35-39(47(44)84(78,79)80)64-26(3)56(35,6)7/h9-12,14-15,21-26,38,41-42,45,52,63-64,69-70H,8,13,16-20H2,1-7H3,(H,58,72)(H,59,68)(H,60,71)(H,73,74)(H,75,76,77)(H,78,79,80)(H3,57,61,65,66)/t25?,26?,38?,41-,42+,45-,52+/m0/s1. The number of carboxylic acids is 1. The first-order valence-corrected chi connectivity index (χ1v) is 30.0. The molecule has 446 valence electrons. The number of imidazole rings is 1. The predicted molar refractivity (Wildman–Crippen MR) is 306 cm³/mol. The minimum Gasteiger partial charge on any atom is -0.478 e. The summed E-state index contributed by atoms with van der Waals surface area (Å²) in [7, 11) is -10.3. The Kier molecular flexibility index (Phi) is 15.5. The molecule has 28 heteroatoms. The highest BCUT2D eigenvalue weighted by atomic mass is 32.2. The van der Waals surface area contributed by atoms with Crippen LogP contribution >= 0.6 is 0 Å². The molecule has 0 spiro atoms. The molecule has 0 saturated carbocycles. The van der Waals surface area contributed by atoms with Crippen LogP contribution in [0.25, 0.3) is 16.7 Å². The molecular weight excluding hydrogens is 1130 g/mol. The van der Waals surface area contributed by atoms with Crippen molar-refractivity contribution in [3.05, 3.63) is 122 Å². The van der Waals surface area contributed by atoms with Gasteiger partial charge in [-0.1, -0.05) is 58.0 Å². The van der Waals surface area contributed by atoms with E-state index in [0.29, 0.717) is 37.1 Å². The molecule has 10 rings (SSSR count). The number of amides is 3. The number of ether oxygens (including phenoxy) is 2. The van der Waals surface area contributed by atoms with E-state index in [0.717, 1.165) is 17.2 Å². The van der Waals surface area contributed by atoms with E-state index in [9.17, 15) is 60.4 Å². The molecule has 3 aromatic carbocycles. The summed E-state index contributed by atoms with van der Waals surface area (Å²) >= 11 is 0. The Morgan fingerprint density at radius 3 is 2.19 bits per heavy atom. The lowest BCUT2D eigenvalue weighted by Gasteiger charge is -2.35. The number of carbonyl (C=O) groups is 4. The SMILES string of the molecule is CCNC(=O)[C@H]1O[C@@H](n2cnc3c(N)nc(NCCc4ccc(CCC(=O)NCCNC(=O)c5ccc(C6=C7C=C8C(NC(C)C8(C)C)C(S(=O)(=O)O)=C7Oc7c6cc6c(c7S(=O)(=O)O)NC(C)C6(C)C)c(C(=O)O)c5)cc4)nc32)[C@H](O)[C@@H]1O. The number of nitrogens with one attached hydrogen (secondary N) is 6. The van der Waals surface area contributed by atoms with E-state index in [1.54, 1.807) is 26.0 Å². The van der Waals surface area contributed by atoms with Crippen molar-refractivity contribution in [1.82, 2.24) is 40.8 Å². The molecule has 5 aromatic rings. The van der Waals surface area contributed by atoms with Crippen LogP contribution in [0.1, 0.15) is 110 Å². The van der Waals surface area contributed by atoms with Crippen LogP contribution in [-0.4, -0.2) is 147 Å². The zero-order chi connectivity index (χ0) is 60.7. The summed E-state index contributed by atoms with van der Waals surface area (Å²) in [6, 6.07) is 11.2. The number of aliphatic hydroxyl groups excluding tert-OH is 2. The number of fused-ring (bicyclic) bond motifs is 5. The fourth-order valence-electron chi connectivity index (χ4n) is 11.4. The van der Waals surface area contributed by atoms with Crippen molar-refractivity contribution < 1.29 is 69.9 Å². The molecule has 2 fully saturated rings. The molecule has 1 aliphatic carbocycles. The average Bonchev–Trinajstić information content (AvgIpc) is 1.42. The van der Waals surface area contributed by atoms with Crippen molar-refractivity contribution in [1.29, 1.82) is 0 Å². The minimum absolute atomic E-state index is 0.000963. The third-order valence-corrected chi connectivity index (χ3v) is 18.6. The maximum absolute atomic E-state index is 13.7. The second-order valence-corrected chi connectivity index (χ2v) is 25.3. The van der Waals surface area contributed by atoms with Gasteiger partial charge in [0.05, 0.1) is 23.6 Å². The van der Waals surface area contributed by atoms with Gasteiger partial charge in [-0.3, -0.25) is 28.1 Å². The molecule has 84 heavy (non-hydrogen) atoms. The molecule has 13 N–H and O–H groups in total. The fourth-order valence-corrected chi connectivity index (χ4v) is 13.1. The Bertz CT molecular complexity index is 3910. The number of aryl methyl sites for hydroxylation is 1. The van der Waals surface area contributed by atoms with Crippen molar-refractivity contribution in [3.63, 3.8) is 0 Å². The van der Waals surface area contributed by atoms with Crippen LogP contribution in [0.4, 0.5) is 17.5 Å². The lowest BCUT2D eigenvalue weighted by Crippen LogP contribution is -2.42. The highest BCUT2D eigenvalue weighted by Crippen LogP contribution is 2.57. The lowest BCUT2D eigenvalue weighted by molar-refractivity contribution is -0.137.